The largest absolute Gasteiger partial charge is 0.497 e. The highest BCUT2D eigenvalue weighted by Gasteiger charge is 2.30. The SMILES string of the molecule is COc1ccc(OC)c(C(C)N2CCN(C)CC2CN)c1. The molecular weight excluding hydrogens is 266 g/mol. The van der Waals surface area contributed by atoms with Gasteiger partial charge in [-0.25, -0.2) is 0 Å². The zero-order chi connectivity index (χ0) is 15.4. The third-order valence-electron chi connectivity index (χ3n) is 4.39. The maximum absolute atomic E-state index is 5.97. The molecule has 5 nitrogen and oxygen atoms in total. The Kier molecular flexibility index (Phi) is 5.45. The van der Waals surface area contributed by atoms with E-state index in [9.17, 15) is 0 Å². The first-order valence-corrected chi connectivity index (χ1v) is 7.47. The molecule has 0 amide bonds. The molecule has 0 radical (unpaired) electrons. The molecule has 2 rings (SSSR count). The summed E-state index contributed by atoms with van der Waals surface area (Å²) in [5.41, 5.74) is 7.13. The molecule has 118 valence electrons. The van der Waals surface area contributed by atoms with Gasteiger partial charge in [0.2, 0.25) is 0 Å². The summed E-state index contributed by atoms with van der Waals surface area (Å²) in [6.07, 6.45) is 0. The summed E-state index contributed by atoms with van der Waals surface area (Å²) < 4.78 is 10.9. The number of hydrogen-bond donors (Lipinski definition) is 1. The van der Waals surface area contributed by atoms with Crippen molar-refractivity contribution in [2.45, 2.75) is 19.0 Å². The van der Waals surface area contributed by atoms with Gasteiger partial charge in [0.15, 0.2) is 0 Å². The second-order valence-corrected chi connectivity index (χ2v) is 5.67. The first kappa shape index (κ1) is 16.1. The second kappa shape index (κ2) is 7.11. The Bertz CT molecular complexity index is 467. The van der Waals surface area contributed by atoms with E-state index in [-0.39, 0.29) is 6.04 Å². The lowest BCUT2D eigenvalue weighted by Gasteiger charge is -2.43. The predicted octanol–water partition coefficient (Wildman–Crippen LogP) is 1.34. The molecule has 0 bridgehead atoms. The van der Waals surface area contributed by atoms with E-state index in [0.29, 0.717) is 12.6 Å². The minimum Gasteiger partial charge on any atom is -0.497 e. The maximum atomic E-state index is 5.97. The predicted molar refractivity (Wildman–Crippen MR) is 85.0 cm³/mol. The van der Waals surface area contributed by atoms with Crippen molar-refractivity contribution >= 4 is 0 Å². The van der Waals surface area contributed by atoms with Gasteiger partial charge < -0.3 is 20.1 Å². The van der Waals surface area contributed by atoms with Crippen LogP contribution in [0.15, 0.2) is 18.2 Å². The quantitative estimate of drug-likeness (QED) is 0.888. The Balaban J connectivity index is 2.27. The molecule has 1 heterocycles. The molecule has 0 saturated carbocycles. The zero-order valence-electron chi connectivity index (χ0n) is 13.5. The van der Waals surface area contributed by atoms with Crippen molar-refractivity contribution in [3.8, 4) is 11.5 Å². The van der Waals surface area contributed by atoms with Crippen LogP contribution in [0.4, 0.5) is 0 Å². The number of benzene rings is 1. The molecular formula is C16H27N3O2. The van der Waals surface area contributed by atoms with Crippen LogP contribution in [-0.2, 0) is 0 Å². The van der Waals surface area contributed by atoms with Gasteiger partial charge in [-0.3, -0.25) is 4.90 Å². The van der Waals surface area contributed by atoms with E-state index in [1.165, 1.54) is 0 Å². The van der Waals surface area contributed by atoms with Crippen LogP contribution in [-0.4, -0.2) is 63.3 Å². The van der Waals surface area contributed by atoms with Crippen LogP contribution >= 0.6 is 0 Å². The molecule has 0 aromatic heterocycles. The van der Waals surface area contributed by atoms with Crippen LogP contribution in [0.5, 0.6) is 11.5 Å². The van der Waals surface area contributed by atoms with Crippen LogP contribution in [0.1, 0.15) is 18.5 Å². The summed E-state index contributed by atoms with van der Waals surface area (Å²) >= 11 is 0. The number of likely N-dealkylation sites (N-methyl/N-ethyl adjacent to an activating group) is 1. The number of piperazine rings is 1. The Morgan fingerprint density at radius 1 is 1.29 bits per heavy atom. The first-order valence-electron chi connectivity index (χ1n) is 7.47. The van der Waals surface area contributed by atoms with Gasteiger partial charge in [-0.2, -0.15) is 0 Å². The van der Waals surface area contributed by atoms with Gasteiger partial charge >= 0.3 is 0 Å². The summed E-state index contributed by atoms with van der Waals surface area (Å²) in [5, 5.41) is 0. The lowest BCUT2D eigenvalue weighted by atomic mass is 10.0. The van der Waals surface area contributed by atoms with Gasteiger partial charge in [0.25, 0.3) is 0 Å². The van der Waals surface area contributed by atoms with Crippen molar-refractivity contribution in [2.24, 2.45) is 5.73 Å². The van der Waals surface area contributed by atoms with Crippen molar-refractivity contribution in [1.29, 1.82) is 0 Å². The van der Waals surface area contributed by atoms with Gasteiger partial charge in [-0.15, -0.1) is 0 Å². The Labute approximate surface area is 127 Å². The smallest absolute Gasteiger partial charge is 0.123 e. The fourth-order valence-electron chi connectivity index (χ4n) is 3.09. The van der Waals surface area contributed by atoms with Crippen molar-refractivity contribution in [3.05, 3.63) is 23.8 Å². The minimum absolute atomic E-state index is 0.248. The molecule has 2 unspecified atom stereocenters. The molecule has 1 fully saturated rings. The molecule has 2 atom stereocenters. The fraction of sp³-hybridized carbons (Fsp3) is 0.625. The van der Waals surface area contributed by atoms with Gasteiger partial charge in [-0.1, -0.05) is 0 Å². The standard InChI is InChI=1S/C16H27N3O2/c1-12(19-8-7-18(2)11-13(19)10-17)15-9-14(20-3)5-6-16(15)21-4/h5-6,9,12-13H,7-8,10-11,17H2,1-4H3. The number of nitrogens with zero attached hydrogens (tertiary/aromatic N) is 2. The third-order valence-corrected chi connectivity index (χ3v) is 4.39. The Hall–Kier alpha value is -1.30. The van der Waals surface area contributed by atoms with E-state index < -0.39 is 0 Å². The molecule has 0 spiro atoms. The van der Waals surface area contributed by atoms with Crippen LogP contribution in [0.3, 0.4) is 0 Å². The normalized spacial score (nSPS) is 22.0. The average molecular weight is 293 g/mol. The Morgan fingerprint density at radius 2 is 2.05 bits per heavy atom. The van der Waals surface area contributed by atoms with E-state index in [0.717, 1.165) is 36.7 Å². The number of rotatable bonds is 5. The summed E-state index contributed by atoms with van der Waals surface area (Å²) in [6, 6.07) is 6.58. The van der Waals surface area contributed by atoms with Crippen molar-refractivity contribution in [3.63, 3.8) is 0 Å². The van der Waals surface area contributed by atoms with Crippen LogP contribution < -0.4 is 15.2 Å². The highest BCUT2D eigenvalue weighted by Crippen LogP contribution is 2.34. The number of ether oxygens (including phenoxy) is 2. The molecule has 1 aliphatic heterocycles. The van der Waals surface area contributed by atoms with Crippen molar-refractivity contribution < 1.29 is 9.47 Å². The molecule has 1 aromatic rings. The summed E-state index contributed by atoms with van der Waals surface area (Å²) in [4.78, 5) is 4.81. The third kappa shape index (κ3) is 3.48. The van der Waals surface area contributed by atoms with Gasteiger partial charge in [0.1, 0.15) is 11.5 Å². The number of hydrogen-bond acceptors (Lipinski definition) is 5. The van der Waals surface area contributed by atoms with Crippen LogP contribution in [0, 0.1) is 0 Å². The van der Waals surface area contributed by atoms with Crippen molar-refractivity contribution in [1.82, 2.24) is 9.80 Å². The second-order valence-electron chi connectivity index (χ2n) is 5.67. The summed E-state index contributed by atoms with van der Waals surface area (Å²) in [5.74, 6) is 1.76. The van der Waals surface area contributed by atoms with Crippen LogP contribution in [0.25, 0.3) is 0 Å². The molecule has 1 saturated heterocycles. The first-order chi connectivity index (χ1) is 10.1. The number of nitrogens with two attached hydrogens (primary N) is 1. The minimum atomic E-state index is 0.248. The molecule has 0 aliphatic carbocycles. The van der Waals surface area contributed by atoms with E-state index >= 15 is 0 Å². The topological polar surface area (TPSA) is 51.0 Å². The van der Waals surface area contributed by atoms with E-state index in [1.807, 2.05) is 12.1 Å². The molecule has 5 heteroatoms. The maximum Gasteiger partial charge on any atom is 0.123 e. The highest BCUT2D eigenvalue weighted by atomic mass is 16.5. The average Bonchev–Trinajstić information content (AvgIpc) is 2.53. The van der Waals surface area contributed by atoms with Gasteiger partial charge in [0.05, 0.1) is 14.2 Å². The fourth-order valence-corrected chi connectivity index (χ4v) is 3.09. The molecule has 21 heavy (non-hydrogen) atoms. The van der Waals surface area contributed by atoms with E-state index in [4.69, 9.17) is 15.2 Å². The van der Waals surface area contributed by atoms with Crippen LogP contribution in [0.2, 0.25) is 0 Å². The Morgan fingerprint density at radius 3 is 2.67 bits per heavy atom. The lowest BCUT2D eigenvalue weighted by Crippen LogP contribution is -2.55. The lowest BCUT2D eigenvalue weighted by molar-refractivity contribution is 0.0611. The molecule has 2 N–H and O–H groups in total. The van der Waals surface area contributed by atoms with Gasteiger partial charge in [-0.05, 0) is 32.2 Å². The summed E-state index contributed by atoms with van der Waals surface area (Å²) in [6.45, 7) is 5.96. The summed E-state index contributed by atoms with van der Waals surface area (Å²) in [7, 11) is 5.55. The zero-order valence-corrected chi connectivity index (χ0v) is 13.5. The number of methoxy groups -OCH3 is 2. The molecule has 1 aromatic carbocycles. The monoisotopic (exact) mass is 293 g/mol. The highest BCUT2D eigenvalue weighted by molar-refractivity contribution is 5.42. The van der Waals surface area contributed by atoms with E-state index in [2.05, 4.69) is 29.8 Å². The van der Waals surface area contributed by atoms with Crippen molar-refractivity contribution in [2.75, 3.05) is 47.4 Å². The molecule has 1 aliphatic rings. The van der Waals surface area contributed by atoms with Gasteiger partial charge in [0, 0.05) is 43.8 Å². The van der Waals surface area contributed by atoms with E-state index in [1.54, 1.807) is 14.2 Å².